The zero-order valence-electron chi connectivity index (χ0n) is 10.8. The Kier molecular flexibility index (Phi) is 3.16. The highest BCUT2D eigenvalue weighted by molar-refractivity contribution is 5.95. The first-order valence-corrected chi connectivity index (χ1v) is 6.44. The molecule has 100 valence electrons. The smallest absolute Gasteiger partial charge is 0.341 e. The van der Waals surface area contributed by atoms with Gasteiger partial charge in [-0.3, -0.25) is 0 Å². The van der Waals surface area contributed by atoms with Crippen molar-refractivity contribution in [1.29, 1.82) is 0 Å². The number of hydrogen-bond donors (Lipinski definition) is 1. The summed E-state index contributed by atoms with van der Waals surface area (Å²) in [5, 5.41) is 7.82. The van der Waals surface area contributed by atoms with Crippen molar-refractivity contribution in [2.24, 2.45) is 0 Å². The average Bonchev–Trinajstić information content (AvgIpc) is 2.91. The van der Waals surface area contributed by atoms with E-state index >= 15 is 0 Å². The van der Waals surface area contributed by atoms with E-state index in [2.05, 4.69) is 15.4 Å². The van der Waals surface area contributed by atoms with E-state index in [1.54, 1.807) is 22.8 Å². The lowest BCUT2D eigenvalue weighted by Crippen LogP contribution is -2.28. The van der Waals surface area contributed by atoms with Crippen LogP contribution in [0.1, 0.15) is 34.9 Å². The van der Waals surface area contributed by atoms with Gasteiger partial charge in [-0.05, 0) is 31.5 Å². The Hall–Kier alpha value is -1.95. The Bertz CT molecular complexity index is 602. The lowest BCUT2D eigenvalue weighted by atomic mass is 9.99. The number of rotatable bonds is 2. The van der Waals surface area contributed by atoms with Crippen LogP contribution in [-0.2, 0) is 4.74 Å². The van der Waals surface area contributed by atoms with E-state index in [9.17, 15) is 4.79 Å². The quantitative estimate of drug-likeness (QED) is 0.815. The second-order valence-corrected chi connectivity index (χ2v) is 4.69. The normalized spacial score (nSPS) is 19.5. The van der Waals surface area contributed by atoms with Crippen molar-refractivity contribution in [2.45, 2.75) is 18.8 Å². The molecule has 0 saturated carbocycles. The van der Waals surface area contributed by atoms with Crippen molar-refractivity contribution >= 4 is 11.6 Å². The molecule has 1 atom stereocenters. The molecule has 0 bridgehead atoms. The number of esters is 1. The highest BCUT2D eigenvalue weighted by Gasteiger charge is 2.21. The Morgan fingerprint density at radius 2 is 2.47 bits per heavy atom. The van der Waals surface area contributed by atoms with Crippen LogP contribution in [-0.4, -0.2) is 40.8 Å². The molecule has 3 heterocycles. The minimum atomic E-state index is -0.383. The average molecular weight is 260 g/mol. The Morgan fingerprint density at radius 1 is 1.58 bits per heavy atom. The molecule has 1 saturated heterocycles. The predicted molar refractivity (Wildman–Crippen MR) is 69.2 cm³/mol. The van der Waals surface area contributed by atoms with Crippen LogP contribution >= 0.6 is 0 Å². The van der Waals surface area contributed by atoms with Crippen molar-refractivity contribution in [3.8, 4) is 0 Å². The fourth-order valence-electron chi connectivity index (χ4n) is 2.44. The number of pyridine rings is 1. The maximum Gasteiger partial charge on any atom is 0.341 e. The number of methoxy groups -OCH3 is 1. The Morgan fingerprint density at radius 3 is 3.21 bits per heavy atom. The summed E-state index contributed by atoms with van der Waals surface area (Å²) in [6.07, 6.45) is 4.01. The van der Waals surface area contributed by atoms with Gasteiger partial charge >= 0.3 is 5.97 Å². The molecule has 0 amide bonds. The molecule has 19 heavy (non-hydrogen) atoms. The molecule has 2 aromatic heterocycles. The topological polar surface area (TPSA) is 68.5 Å². The van der Waals surface area contributed by atoms with Crippen LogP contribution in [0.2, 0.25) is 0 Å². The minimum absolute atomic E-state index is 0.319. The van der Waals surface area contributed by atoms with Crippen LogP contribution in [0.5, 0.6) is 0 Å². The van der Waals surface area contributed by atoms with Crippen LogP contribution in [0.25, 0.3) is 5.65 Å². The van der Waals surface area contributed by atoms with Gasteiger partial charge in [-0.1, -0.05) is 0 Å². The highest BCUT2D eigenvalue weighted by atomic mass is 16.5. The molecule has 1 N–H and O–H groups in total. The summed E-state index contributed by atoms with van der Waals surface area (Å²) >= 11 is 0. The van der Waals surface area contributed by atoms with E-state index in [1.165, 1.54) is 7.11 Å². The van der Waals surface area contributed by atoms with Gasteiger partial charge in [0, 0.05) is 18.7 Å². The lowest BCUT2D eigenvalue weighted by Gasteiger charge is -2.19. The van der Waals surface area contributed by atoms with Gasteiger partial charge in [-0.25, -0.2) is 14.3 Å². The molecule has 0 aliphatic carbocycles. The predicted octanol–water partition coefficient (Wildman–Crippen LogP) is 0.983. The van der Waals surface area contributed by atoms with Crippen LogP contribution < -0.4 is 5.32 Å². The maximum absolute atomic E-state index is 11.7. The van der Waals surface area contributed by atoms with Crippen molar-refractivity contribution in [2.75, 3.05) is 20.2 Å². The molecule has 6 heteroatoms. The Labute approximate surface area is 110 Å². The molecular weight excluding hydrogens is 244 g/mol. The number of carbonyl (C=O) groups is 1. The number of aromatic nitrogens is 3. The molecule has 1 aliphatic heterocycles. The van der Waals surface area contributed by atoms with E-state index in [1.807, 2.05) is 0 Å². The Balaban J connectivity index is 2.02. The molecule has 2 aromatic rings. The molecule has 0 radical (unpaired) electrons. The largest absolute Gasteiger partial charge is 0.465 e. The summed E-state index contributed by atoms with van der Waals surface area (Å²) in [4.78, 5) is 16.2. The third-order valence-electron chi connectivity index (χ3n) is 3.45. The van der Waals surface area contributed by atoms with Crippen molar-refractivity contribution in [3.05, 3.63) is 29.7 Å². The summed E-state index contributed by atoms with van der Waals surface area (Å²) in [5.41, 5.74) is 1.02. The van der Waals surface area contributed by atoms with Gasteiger partial charge < -0.3 is 10.1 Å². The van der Waals surface area contributed by atoms with E-state index in [-0.39, 0.29) is 5.97 Å². The zero-order valence-corrected chi connectivity index (χ0v) is 10.8. The number of carbonyl (C=O) groups excluding carboxylic acids is 1. The van der Waals surface area contributed by atoms with Gasteiger partial charge in [-0.2, -0.15) is 5.10 Å². The summed E-state index contributed by atoms with van der Waals surface area (Å²) in [6, 6.07) is 3.48. The fourth-order valence-corrected chi connectivity index (χ4v) is 2.44. The van der Waals surface area contributed by atoms with Gasteiger partial charge in [0.15, 0.2) is 11.5 Å². The third kappa shape index (κ3) is 2.19. The number of ether oxygens (including phenoxy) is 1. The first-order valence-electron chi connectivity index (χ1n) is 6.44. The SMILES string of the molecule is COC(=O)c1cccn2nc(C3CCCNC3)nc12. The standard InChI is InChI=1S/C13H16N4O2/c1-19-13(18)10-5-3-7-17-12(10)15-11(16-17)9-4-2-6-14-8-9/h3,5,7,9,14H,2,4,6,8H2,1H3. The van der Waals surface area contributed by atoms with Gasteiger partial charge in [0.2, 0.25) is 0 Å². The second-order valence-electron chi connectivity index (χ2n) is 4.69. The number of fused-ring (bicyclic) bond motifs is 1. The molecule has 0 aromatic carbocycles. The first kappa shape index (κ1) is 12.1. The van der Waals surface area contributed by atoms with Crippen LogP contribution in [0.3, 0.4) is 0 Å². The van der Waals surface area contributed by atoms with Crippen LogP contribution in [0.4, 0.5) is 0 Å². The second kappa shape index (κ2) is 4.97. The number of nitrogens with one attached hydrogen (secondary N) is 1. The van der Waals surface area contributed by atoms with Gasteiger partial charge in [-0.15, -0.1) is 0 Å². The minimum Gasteiger partial charge on any atom is -0.465 e. The highest BCUT2D eigenvalue weighted by Crippen LogP contribution is 2.21. The maximum atomic E-state index is 11.7. The summed E-state index contributed by atoms with van der Waals surface area (Å²) in [5.74, 6) is 0.731. The zero-order chi connectivity index (χ0) is 13.2. The van der Waals surface area contributed by atoms with E-state index in [0.29, 0.717) is 17.1 Å². The summed E-state index contributed by atoms with van der Waals surface area (Å²) in [6.45, 7) is 1.95. The van der Waals surface area contributed by atoms with Crippen molar-refractivity contribution in [1.82, 2.24) is 19.9 Å². The molecule has 1 unspecified atom stereocenters. The monoisotopic (exact) mass is 260 g/mol. The summed E-state index contributed by atoms with van der Waals surface area (Å²) < 4.78 is 6.42. The van der Waals surface area contributed by atoms with Crippen molar-refractivity contribution < 1.29 is 9.53 Å². The molecule has 3 rings (SSSR count). The number of nitrogens with zero attached hydrogens (tertiary/aromatic N) is 3. The van der Waals surface area contributed by atoms with E-state index in [4.69, 9.17) is 4.74 Å². The fraction of sp³-hybridized carbons (Fsp3) is 0.462. The molecule has 6 nitrogen and oxygen atoms in total. The van der Waals surface area contributed by atoms with E-state index < -0.39 is 0 Å². The van der Waals surface area contributed by atoms with Crippen LogP contribution in [0.15, 0.2) is 18.3 Å². The molecular formula is C13H16N4O2. The lowest BCUT2D eigenvalue weighted by molar-refractivity contribution is 0.0602. The van der Waals surface area contributed by atoms with Gasteiger partial charge in [0.1, 0.15) is 5.56 Å². The van der Waals surface area contributed by atoms with Gasteiger partial charge in [0.25, 0.3) is 0 Å². The molecule has 1 fully saturated rings. The van der Waals surface area contributed by atoms with Crippen molar-refractivity contribution in [3.63, 3.8) is 0 Å². The summed E-state index contributed by atoms with van der Waals surface area (Å²) in [7, 11) is 1.37. The van der Waals surface area contributed by atoms with Gasteiger partial charge in [0.05, 0.1) is 7.11 Å². The third-order valence-corrected chi connectivity index (χ3v) is 3.45. The van der Waals surface area contributed by atoms with Crippen LogP contribution in [0, 0.1) is 0 Å². The first-order chi connectivity index (χ1) is 9.29. The number of hydrogen-bond acceptors (Lipinski definition) is 5. The molecule has 1 aliphatic rings. The molecule has 0 spiro atoms. The van der Waals surface area contributed by atoms with E-state index in [0.717, 1.165) is 31.8 Å². The number of piperidine rings is 1.